The van der Waals surface area contributed by atoms with Gasteiger partial charge < -0.3 is 11.1 Å². The lowest BCUT2D eigenvalue weighted by Crippen LogP contribution is -2.45. The first-order valence-electron chi connectivity index (χ1n) is 6.42. The van der Waals surface area contributed by atoms with Crippen LogP contribution in [0.3, 0.4) is 0 Å². The van der Waals surface area contributed by atoms with Gasteiger partial charge in [-0.15, -0.1) is 0 Å². The van der Waals surface area contributed by atoms with E-state index in [0.717, 1.165) is 12.1 Å². The number of Topliss-reactive ketones (excluding diaryl/α,β-unsaturated/α-hetero) is 1. The van der Waals surface area contributed by atoms with E-state index in [0.29, 0.717) is 6.42 Å². The van der Waals surface area contributed by atoms with Crippen molar-refractivity contribution in [3.8, 4) is 0 Å². The number of hydrogen-bond donors (Lipinski definition) is 2. The van der Waals surface area contributed by atoms with Crippen LogP contribution in [0.15, 0.2) is 18.2 Å². The van der Waals surface area contributed by atoms with E-state index < -0.39 is 35.1 Å². The van der Waals surface area contributed by atoms with Gasteiger partial charge in [0.15, 0.2) is 11.6 Å². The Morgan fingerprint density at radius 2 is 1.95 bits per heavy atom. The van der Waals surface area contributed by atoms with Gasteiger partial charge in [0.05, 0.1) is 5.56 Å². The van der Waals surface area contributed by atoms with Crippen molar-refractivity contribution in [2.75, 3.05) is 0 Å². The summed E-state index contributed by atoms with van der Waals surface area (Å²) in [6.45, 7) is 1.67. The average molecular weight is 298 g/mol. The van der Waals surface area contributed by atoms with Gasteiger partial charge >= 0.3 is 0 Å². The third-order valence-electron chi connectivity index (χ3n) is 2.95. The van der Waals surface area contributed by atoms with Crippen molar-refractivity contribution in [2.24, 2.45) is 5.73 Å². The normalized spacial score (nSPS) is 11.8. The molecule has 1 rings (SSSR count). The summed E-state index contributed by atoms with van der Waals surface area (Å²) in [5, 5.41) is 2.21. The van der Waals surface area contributed by atoms with Crippen molar-refractivity contribution in [1.82, 2.24) is 5.32 Å². The molecule has 3 N–H and O–H groups in total. The van der Waals surface area contributed by atoms with Gasteiger partial charge in [-0.05, 0) is 18.6 Å². The van der Waals surface area contributed by atoms with E-state index in [2.05, 4.69) is 5.32 Å². The third-order valence-corrected chi connectivity index (χ3v) is 2.95. The van der Waals surface area contributed by atoms with Crippen LogP contribution >= 0.6 is 0 Å². The van der Waals surface area contributed by atoms with E-state index in [-0.39, 0.29) is 18.6 Å². The number of halogens is 2. The van der Waals surface area contributed by atoms with Crippen LogP contribution in [-0.2, 0) is 9.59 Å². The molecule has 0 bridgehead atoms. The molecular weight excluding hydrogens is 282 g/mol. The SMILES string of the molecule is CCC(=O)CC[C@H](NC(=O)c1cccc(F)c1F)C(N)=O. The van der Waals surface area contributed by atoms with Crippen molar-refractivity contribution in [1.29, 1.82) is 0 Å². The second-order valence-corrected chi connectivity index (χ2v) is 4.46. The summed E-state index contributed by atoms with van der Waals surface area (Å²) < 4.78 is 26.5. The molecule has 0 aromatic heterocycles. The summed E-state index contributed by atoms with van der Waals surface area (Å²) in [4.78, 5) is 34.3. The zero-order valence-corrected chi connectivity index (χ0v) is 11.5. The molecule has 0 aliphatic carbocycles. The summed E-state index contributed by atoms with van der Waals surface area (Å²) in [7, 11) is 0. The Morgan fingerprint density at radius 3 is 2.52 bits per heavy atom. The molecule has 1 aromatic rings. The lowest BCUT2D eigenvalue weighted by atomic mass is 10.1. The Bertz CT molecular complexity index is 561. The average Bonchev–Trinajstić information content (AvgIpc) is 2.45. The number of ketones is 1. The van der Waals surface area contributed by atoms with Gasteiger partial charge in [0.1, 0.15) is 11.8 Å². The number of nitrogens with two attached hydrogens (primary N) is 1. The zero-order valence-electron chi connectivity index (χ0n) is 11.5. The van der Waals surface area contributed by atoms with E-state index in [1.165, 1.54) is 6.07 Å². The number of nitrogens with one attached hydrogen (secondary N) is 1. The Morgan fingerprint density at radius 1 is 1.29 bits per heavy atom. The van der Waals surface area contributed by atoms with Crippen molar-refractivity contribution < 1.29 is 23.2 Å². The van der Waals surface area contributed by atoms with Crippen molar-refractivity contribution in [3.63, 3.8) is 0 Å². The maximum atomic E-state index is 13.5. The van der Waals surface area contributed by atoms with E-state index in [9.17, 15) is 23.2 Å². The molecule has 114 valence electrons. The summed E-state index contributed by atoms with van der Waals surface area (Å²) in [6, 6.07) is 2.02. The highest BCUT2D eigenvalue weighted by molar-refractivity contribution is 5.97. The van der Waals surface area contributed by atoms with Gasteiger partial charge in [0.2, 0.25) is 5.91 Å². The van der Waals surface area contributed by atoms with Crippen LogP contribution in [0, 0.1) is 11.6 Å². The molecule has 0 saturated carbocycles. The van der Waals surface area contributed by atoms with Crippen LogP contribution in [0.4, 0.5) is 8.78 Å². The predicted octanol–water partition coefficient (Wildman–Crippen LogP) is 1.31. The minimum Gasteiger partial charge on any atom is -0.368 e. The maximum absolute atomic E-state index is 13.5. The molecule has 0 heterocycles. The van der Waals surface area contributed by atoms with E-state index in [4.69, 9.17) is 5.73 Å². The number of rotatable bonds is 7. The summed E-state index contributed by atoms with van der Waals surface area (Å²) >= 11 is 0. The monoisotopic (exact) mass is 298 g/mol. The number of carbonyl (C=O) groups excluding carboxylic acids is 3. The fourth-order valence-corrected chi connectivity index (χ4v) is 1.68. The minimum absolute atomic E-state index is 0.0185. The molecular formula is C14H16F2N2O3. The van der Waals surface area contributed by atoms with E-state index in [1.807, 2.05) is 0 Å². The number of primary amides is 1. The zero-order chi connectivity index (χ0) is 16.0. The smallest absolute Gasteiger partial charge is 0.255 e. The Balaban J connectivity index is 2.79. The maximum Gasteiger partial charge on any atom is 0.255 e. The molecule has 0 spiro atoms. The van der Waals surface area contributed by atoms with Crippen LogP contribution < -0.4 is 11.1 Å². The standard InChI is InChI=1S/C14H16F2N2O3/c1-2-8(19)6-7-11(13(17)20)18-14(21)9-4-3-5-10(15)12(9)16/h3-5,11H,2,6-7H2,1H3,(H2,17,20)(H,18,21)/t11-/m0/s1. The van der Waals surface area contributed by atoms with Crippen LogP contribution in [-0.4, -0.2) is 23.6 Å². The topological polar surface area (TPSA) is 89.3 Å². The molecule has 1 atom stereocenters. The molecule has 7 heteroatoms. The number of carbonyl (C=O) groups is 3. The van der Waals surface area contributed by atoms with E-state index in [1.54, 1.807) is 6.92 Å². The van der Waals surface area contributed by atoms with Crippen molar-refractivity contribution in [2.45, 2.75) is 32.2 Å². The Labute approximate surface area is 120 Å². The summed E-state index contributed by atoms with van der Waals surface area (Å²) in [5.41, 5.74) is 4.60. The third kappa shape index (κ3) is 4.62. The van der Waals surface area contributed by atoms with E-state index >= 15 is 0 Å². The first-order chi connectivity index (χ1) is 9.86. The van der Waals surface area contributed by atoms with Gasteiger partial charge in [0.25, 0.3) is 5.91 Å². The molecule has 0 aliphatic heterocycles. The molecule has 21 heavy (non-hydrogen) atoms. The molecule has 0 aliphatic rings. The lowest BCUT2D eigenvalue weighted by Gasteiger charge is -2.15. The van der Waals surface area contributed by atoms with Gasteiger partial charge in [-0.3, -0.25) is 14.4 Å². The molecule has 1 aromatic carbocycles. The number of benzene rings is 1. The molecule has 0 saturated heterocycles. The highest BCUT2D eigenvalue weighted by Crippen LogP contribution is 2.12. The van der Waals surface area contributed by atoms with Crippen molar-refractivity contribution in [3.05, 3.63) is 35.4 Å². The summed E-state index contributed by atoms with van der Waals surface area (Å²) in [5.74, 6) is -4.36. The second-order valence-electron chi connectivity index (χ2n) is 4.46. The lowest BCUT2D eigenvalue weighted by molar-refractivity contribution is -0.121. The minimum atomic E-state index is -1.30. The van der Waals surface area contributed by atoms with Gasteiger partial charge in [-0.2, -0.15) is 0 Å². The Hall–Kier alpha value is -2.31. The Kier molecular flexibility index (Phi) is 5.95. The molecule has 0 unspecified atom stereocenters. The largest absolute Gasteiger partial charge is 0.368 e. The fraction of sp³-hybridized carbons (Fsp3) is 0.357. The van der Waals surface area contributed by atoms with Crippen LogP contribution in [0.25, 0.3) is 0 Å². The van der Waals surface area contributed by atoms with Gasteiger partial charge in [-0.25, -0.2) is 8.78 Å². The highest BCUT2D eigenvalue weighted by Gasteiger charge is 2.22. The number of hydrogen-bond acceptors (Lipinski definition) is 3. The van der Waals surface area contributed by atoms with Gasteiger partial charge in [-0.1, -0.05) is 13.0 Å². The second kappa shape index (κ2) is 7.47. The van der Waals surface area contributed by atoms with Crippen LogP contribution in [0.2, 0.25) is 0 Å². The predicted molar refractivity (Wildman–Crippen MR) is 71.3 cm³/mol. The molecule has 0 radical (unpaired) electrons. The molecule has 5 nitrogen and oxygen atoms in total. The summed E-state index contributed by atoms with van der Waals surface area (Å²) in [6.07, 6.45) is 0.388. The quantitative estimate of drug-likeness (QED) is 0.795. The fourth-order valence-electron chi connectivity index (χ4n) is 1.68. The molecule has 0 fully saturated rings. The number of amides is 2. The van der Waals surface area contributed by atoms with Crippen LogP contribution in [0.1, 0.15) is 36.5 Å². The van der Waals surface area contributed by atoms with Gasteiger partial charge in [0, 0.05) is 12.8 Å². The van der Waals surface area contributed by atoms with Crippen LogP contribution in [0.5, 0.6) is 0 Å². The molecule has 2 amide bonds. The highest BCUT2D eigenvalue weighted by atomic mass is 19.2. The van der Waals surface area contributed by atoms with Crippen molar-refractivity contribution >= 4 is 17.6 Å². The first kappa shape index (κ1) is 16.7. The first-order valence-corrected chi connectivity index (χ1v) is 6.42.